The van der Waals surface area contributed by atoms with Crippen molar-refractivity contribution in [3.05, 3.63) is 12.2 Å². The molecule has 1 amide bonds. The first kappa shape index (κ1) is 13.2. The van der Waals surface area contributed by atoms with Crippen molar-refractivity contribution in [3.63, 3.8) is 0 Å². The summed E-state index contributed by atoms with van der Waals surface area (Å²) in [6, 6.07) is 0. The van der Waals surface area contributed by atoms with E-state index in [0.717, 1.165) is 38.8 Å². The summed E-state index contributed by atoms with van der Waals surface area (Å²) in [6.45, 7) is 3.68. The van der Waals surface area contributed by atoms with Crippen molar-refractivity contribution in [1.29, 1.82) is 0 Å². The van der Waals surface area contributed by atoms with Crippen LogP contribution in [0.2, 0.25) is 0 Å². The lowest BCUT2D eigenvalue weighted by Crippen LogP contribution is -2.34. The molecule has 0 radical (unpaired) electrons. The van der Waals surface area contributed by atoms with E-state index in [0.29, 0.717) is 12.8 Å². The van der Waals surface area contributed by atoms with Crippen molar-refractivity contribution >= 4 is 5.91 Å². The molecule has 3 heteroatoms. The summed E-state index contributed by atoms with van der Waals surface area (Å²) in [5, 5.41) is 9.64. The molecule has 16 heavy (non-hydrogen) atoms. The summed E-state index contributed by atoms with van der Waals surface area (Å²) in [5.74, 6) is 0.180. The van der Waals surface area contributed by atoms with E-state index >= 15 is 0 Å². The highest BCUT2D eigenvalue weighted by molar-refractivity contribution is 5.76. The molecule has 0 aliphatic carbocycles. The molecule has 0 saturated carbocycles. The summed E-state index contributed by atoms with van der Waals surface area (Å²) in [7, 11) is 0. The summed E-state index contributed by atoms with van der Waals surface area (Å²) >= 11 is 0. The lowest BCUT2D eigenvalue weighted by molar-refractivity contribution is -0.131. The van der Waals surface area contributed by atoms with Gasteiger partial charge >= 0.3 is 0 Å². The molecule has 0 aromatic heterocycles. The van der Waals surface area contributed by atoms with E-state index in [1.54, 1.807) is 0 Å². The predicted octanol–water partition coefficient (Wildman–Crippen LogP) is 2.11. The number of rotatable bonds is 6. The molecule has 1 atom stereocenters. The van der Waals surface area contributed by atoms with Gasteiger partial charge in [-0.15, -0.1) is 0 Å². The Hall–Kier alpha value is -0.830. The minimum Gasteiger partial charge on any atom is -0.393 e. The summed E-state index contributed by atoms with van der Waals surface area (Å²) in [4.78, 5) is 13.6. The van der Waals surface area contributed by atoms with Gasteiger partial charge in [-0.3, -0.25) is 4.79 Å². The second-order valence-electron chi connectivity index (χ2n) is 4.43. The SMILES string of the molecule is CCCCC(O)CCC(=O)N1CC=CCC1. The number of amides is 1. The highest BCUT2D eigenvalue weighted by Crippen LogP contribution is 2.10. The molecule has 1 unspecified atom stereocenters. The van der Waals surface area contributed by atoms with Gasteiger partial charge in [0.2, 0.25) is 5.91 Å². The van der Waals surface area contributed by atoms with Crippen LogP contribution < -0.4 is 0 Å². The van der Waals surface area contributed by atoms with Crippen LogP contribution in [0, 0.1) is 0 Å². The number of hydrogen-bond acceptors (Lipinski definition) is 2. The lowest BCUT2D eigenvalue weighted by atomic mass is 10.1. The first-order valence-electron chi connectivity index (χ1n) is 6.35. The van der Waals surface area contributed by atoms with E-state index in [9.17, 15) is 9.90 Å². The van der Waals surface area contributed by atoms with Crippen LogP contribution in [0.4, 0.5) is 0 Å². The van der Waals surface area contributed by atoms with E-state index in [4.69, 9.17) is 0 Å². The number of unbranched alkanes of at least 4 members (excludes halogenated alkanes) is 1. The molecule has 0 saturated heterocycles. The fourth-order valence-corrected chi connectivity index (χ4v) is 1.90. The van der Waals surface area contributed by atoms with Gasteiger partial charge in [0.05, 0.1) is 6.10 Å². The number of aliphatic hydroxyl groups excluding tert-OH is 1. The van der Waals surface area contributed by atoms with Crippen LogP contribution >= 0.6 is 0 Å². The lowest BCUT2D eigenvalue weighted by Gasteiger charge is -2.23. The number of carbonyl (C=O) groups excluding carboxylic acids is 1. The van der Waals surface area contributed by atoms with E-state index in [-0.39, 0.29) is 12.0 Å². The molecule has 92 valence electrons. The quantitative estimate of drug-likeness (QED) is 0.703. The highest BCUT2D eigenvalue weighted by atomic mass is 16.3. The fourth-order valence-electron chi connectivity index (χ4n) is 1.90. The molecule has 3 nitrogen and oxygen atoms in total. The Morgan fingerprint density at radius 2 is 2.25 bits per heavy atom. The largest absolute Gasteiger partial charge is 0.393 e. The number of hydrogen-bond donors (Lipinski definition) is 1. The van der Waals surface area contributed by atoms with Crippen LogP contribution in [0.25, 0.3) is 0 Å². The van der Waals surface area contributed by atoms with Gasteiger partial charge in [0.1, 0.15) is 0 Å². The summed E-state index contributed by atoms with van der Waals surface area (Å²) in [5.41, 5.74) is 0. The Bertz CT molecular complexity index is 238. The maximum absolute atomic E-state index is 11.8. The third-order valence-corrected chi connectivity index (χ3v) is 2.99. The van der Waals surface area contributed by atoms with Gasteiger partial charge in [-0.2, -0.15) is 0 Å². The first-order valence-corrected chi connectivity index (χ1v) is 6.35. The molecule has 0 bridgehead atoms. The van der Waals surface area contributed by atoms with Gasteiger partial charge < -0.3 is 10.0 Å². The normalized spacial score (nSPS) is 17.5. The topological polar surface area (TPSA) is 40.5 Å². The zero-order chi connectivity index (χ0) is 11.8. The van der Waals surface area contributed by atoms with Crippen LogP contribution in [0.3, 0.4) is 0 Å². The molecule has 0 aromatic rings. The minimum absolute atomic E-state index is 0.180. The Morgan fingerprint density at radius 1 is 1.44 bits per heavy atom. The highest BCUT2D eigenvalue weighted by Gasteiger charge is 2.15. The van der Waals surface area contributed by atoms with Crippen molar-refractivity contribution in [2.24, 2.45) is 0 Å². The van der Waals surface area contributed by atoms with Gasteiger partial charge in [0.15, 0.2) is 0 Å². The monoisotopic (exact) mass is 225 g/mol. The van der Waals surface area contributed by atoms with E-state index in [2.05, 4.69) is 13.0 Å². The van der Waals surface area contributed by atoms with E-state index < -0.39 is 0 Å². The molecule has 0 fully saturated rings. The van der Waals surface area contributed by atoms with Crippen molar-refractivity contribution in [3.8, 4) is 0 Å². The molecule has 1 rings (SSSR count). The molecule has 1 heterocycles. The van der Waals surface area contributed by atoms with E-state index in [1.807, 2.05) is 11.0 Å². The Morgan fingerprint density at radius 3 is 2.88 bits per heavy atom. The summed E-state index contributed by atoms with van der Waals surface area (Å²) in [6.07, 6.45) is 8.87. The smallest absolute Gasteiger partial charge is 0.222 e. The maximum atomic E-state index is 11.8. The number of nitrogens with zero attached hydrogens (tertiary/aromatic N) is 1. The number of aliphatic hydroxyl groups is 1. The number of carbonyl (C=O) groups is 1. The third kappa shape index (κ3) is 4.79. The van der Waals surface area contributed by atoms with Gasteiger partial charge in [0, 0.05) is 19.5 Å². The average molecular weight is 225 g/mol. The second kappa shape index (κ2) is 7.44. The van der Waals surface area contributed by atoms with E-state index in [1.165, 1.54) is 0 Å². The third-order valence-electron chi connectivity index (χ3n) is 2.99. The average Bonchev–Trinajstić information content (AvgIpc) is 2.34. The van der Waals surface area contributed by atoms with Crippen LogP contribution in [0.5, 0.6) is 0 Å². The van der Waals surface area contributed by atoms with Crippen LogP contribution in [-0.2, 0) is 4.79 Å². The maximum Gasteiger partial charge on any atom is 0.222 e. The first-order chi connectivity index (χ1) is 7.74. The van der Waals surface area contributed by atoms with Crippen molar-refractivity contribution in [2.45, 2.75) is 51.6 Å². The van der Waals surface area contributed by atoms with Crippen LogP contribution in [0.1, 0.15) is 45.4 Å². The standard InChI is InChI=1S/C13H23NO2/c1-2-3-7-12(15)8-9-13(16)14-10-5-4-6-11-14/h4-5,12,15H,2-3,6-11H2,1H3. The molecule has 0 spiro atoms. The van der Waals surface area contributed by atoms with Gasteiger partial charge in [0.25, 0.3) is 0 Å². The molecule has 1 aliphatic heterocycles. The van der Waals surface area contributed by atoms with Gasteiger partial charge in [-0.05, 0) is 19.3 Å². The van der Waals surface area contributed by atoms with Crippen molar-refractivity contribution in [2.75, 3.05) is 13.1 Å². The molecule has 0 aromatic carbocycles. The van der Waals surface area contributed by atoms with Crippen LogP contribution in [-0.4, -0.2) is 35.1 Å². The second-order valence-corrected chi connectivity index (χ2v) is 4.43. The van der Waals surface area contributed by atoms with Crippen molar-refractivity contribution < 1.29 is 9.90 Å². The van der Waals surface area contributed by atoms with Crippen molar-refractivity contribution in [1.82, 2.24) is 4.90 Å². The predicted molar refractivity (Wildman–Crippen MR) is 65.1 cm³/mol. The van der Waals surface area contributed by atoms with Crippen LogP contribution in [0.15, 0.2) is 12.2 Å². The summed E-state index contributed by atoms with van der Waals surface area (Å²) < 4.78 is 0. The Labute approximate surface area is 98.1 Å². The zero-order valence-corrected chi connectivity index (χ0v) is 10.2. The fraction of sp³-hybridized carbons (Fsp3) is 0.769. The minimum atomic E-state index is -0.302. The Kier molecular flexibility index (Phi) is 6.16. The molecular weight excluding hydrogens is 202 g/mol. The molecule has 1 aliphatic rings. The molecule has 1 N–H and O–H groups in total. The van der Waals surface area contributed by atoms with Gasteiger partial charge in [-0.1, -0.05) is 31.9 Å². The molecular formula is C13H23NO2. The zero-order valence-electron chi connectivity index (χ0n) is 10.2. The van der Waals surface area contributed by atoms with Gasteiger partial charge in [-0.25, -0.2) is 0 Å². The Balaban J connectivity index is 2.16.